The SMILES string of the molecule is C/N=C(\C(C)=C(/C)NC(N)=O)c1ccnc(C(=O)NOC)c1. The average molecular weight is 305 g/mol. The fourth-order valence-electron chi connectivity index (χ4n) is 1.82. The Hall–Kier alpha value is -2.74. The molecule has 1 aromatic rings. The number of hydrogen-bond acceptors (Lipinski definition) is 5. The third kappa shape index (κ3) is 4.38. The van der Waals surface area contributed by atoms with Crippen molar-refractivity contribution in [3.05, 3.63) is 40.9 Å². The third-order valence-electron chi connectivity index (χ3n) is 2.91. The highest BCUT2D eigenvalue weighted by molar-refractivity contribution is 6.13. The number of allylic oxidation sites excluding steroid dienone is 2. The zero-order valence-corrected chi connectivity index (χ0v) is 12.9. The van der Waals surface area contributed by atoms with Gasteiger partial charge in [0.05, 0.1) is 12.8 Å². The van der Waals surface area contributed by atoms with Crippen LogP contribution in [0.15, 0.2) is 34.6 Å². The number of primary amides is 1. The monoisotopic (exact) mass is 305 g/mol. The lowest BCUT2D eigenvalue weighted by Gasteiger charge is -2.12. The van der Waals surface area contributed by atoms with E-state index in [0.717, 1.165) is 5.57 Å². The summed E-state index contributed by atoms with van der Waals surface area (Å²) in [4.78, 5) is 35.4. The van der Waals surface area contributed by atoms with Gasteiger partial charge in [-0.15, -0.1) is 0 Å². The summed E-state index contributed by atoms with van der Waals surface area (Å²) in [5.74, 6) is -0.464. The molecular formula is C14H19N5O3. The number of hydroxylamine groups is 1. The number of aromatic nitrogens is 1. The van der Waals surface area contributed by atoms with Gasteiger partial charge in [-0.2, -0.15) is 0 Å². The highest BCUT2D eigenvalue weighted by Gasteiger charge is 2.13. The molecule has 0 unspecified atom stereocenters. The van der Waals surface area contributed by atoms with E-state index in [1.165, 1.54) is 13.3 Å². The number of nitrogens with two attached hydrogens (primary N) is 1. The van der Waals surface area contributed by atoms with Gasteiger partial charge in [0.15, 0.2) is 0 Å². The molecule has 0 fully saturated rings. The molecule has 118 valence electrons. The quantitative estimate of drug-likeness (QED) is 0.549. The summed E-state index contributed by atoms with van der Waals surface area (Å²) in [5.41, 5.74) is 10.1. The van der Waals surface area contributed by atoms with E-state index in [1.54, 1.807) is 33.0 Å². The topological polar surface area (TPSA) is 119 Å². The second-order valence-corrected chi connectivity index (χ2v) is 4.38. The molecule has 0 atom stereocenters. The lowest BCUT2D eigenvalue weighted by atomic mass is 10.0. The molecule has 0 aliphatic heterocycles. The number of aliphatic imine (C=N–C) groups is 1. The number of carbonyl (C=O) groups excluding carboxylic acids is 2. The number of carbonyl (C=O) groups is 2. The molecule has 0 radical (unpaired) electrons. The summed E-state index contributed by atoms with van der Waals surface area (Å²) in [6, 6.07) is 2.65. The van der Waals surface area contributed by atoms with Crippen LogP contribution in [0, 0.1) is 0 Å². The van der Waals surface area contributed by atoms with Crippen LogP contribution in [0.3, 0.4) is 0 Å². The second kappa shape index (κ2) is 7.89. The predicted molar refractivity (Wildman–Crippen MR) is 82.3 cm³/mol. The van der Waals surface area contributed by atoms with Gasteiger partial charge >= 0.3 is 6.03 Å². The molecule has 8 heteroatoms. The standard InChI is InChI=1S/C14H19N5O3/c1-8(9(2)18-14(15)21)12(16-3)10-5-6-17-11(7-10)13(20)19-22-4/h5-7H,1-4H3,(H,19,20)(H3,15,18,21)/b9-8+,16-12+. The molecule has 0 aliphatic carbocycles. The van der Waals surface area contributed by atoms with Crippen LogP contribution in [0.5, 0.6) is 0 Å². The largest absolute Gasteiger partial charge is 0.351 e. The van der Waals surface area contributed by atoms with E-state index < -0.39 is 11.9 Å². The molecule has 3 amide bonds. The van der Waals surface area contributed by atoms with Crippen molar-refractivity contribution in [3.63, 3.8) is 0 Å². The zero-order valence-electron chi connectivity index (χ0n) is 12.9. The van der Waals surface area contributed by atoms with E-state index in [-0.39, 0.29) is 5.69 Å². The first-order valence-electron chi connectivity index (χ1n) is 6.41. The summed E-state index contributed by atoms with van der Waals surface area (Å²) >= 11 is 0. The number of amides is 3. The number of rotatable bonds is 5. The maximum atomic E-state index is 11.7. The minimum atomic E-state index is -0.651. The molecule has 0 aromatic carbocycles. The fraction of sp³-hybridized carbons (Fsp3) is 0.286. The van der Waals surface area contributed by atoms with E-state index in [0.29, 0.717) is 17.0 Å². The van der Waals surface area contributed by atoms with Crippen LogP contribution in [-0.2, 0) is 4.84 Å². The Labute approximate surface area is 128 Å². The van der Waals surface area contributed by atoms with Crippen molar-refractivity contribution in [2.24, 2.45) is 10.7 Å². The van der Waals surface area contributed by atoms with E-state index in [9.17, 15) is 9.59 Å². The number of hydrogen-bond donors (Lipinski definition) is 3. The van der Waals surface area contributed by atoms with Crippen molar-refractivity contribution < 1.29 is 14.4 Å². The molecular weight excluding hydrogens is 286 g/mol. The minimum absolute atomic E-state index is 0.189. The average Bonchev–Trinajstić information content (AvgIpc) is 2.47. The molecule has 0 spiro atoms. The molecule has 22 heavy (non-hydrogen) atoms. The minimum Gasteiger partial charge on any atom is -0.351 e. The Kier molecular flexibility index (Phi) is 6.21. The molecule has 4 N–H and O–H groups in total. The van der Waals surface area contributed by atoms with Crippen LogP contribution in [0.1, 0.15) is 29.9 Å². The van der Waals surface area contributed by atoms with Crippen LogP contribution < -0.4 is 16.5 Å². The van der Waals surface area contributed by atoms with E-state index in [1.807, 2.05) is 0 Å². The summed E-state index contributed by atoms with van der Waals surface area (Å²) in [7, 11) is 2.96. The Morgan fingerprint density at radius 1 is 1.36 bits per heavy atom. The van der Waals surface area contributed by atoms with Gasteiger partial charge in [-0.25, -0.2) is 10.3 Å². The highest BCUT2D eigenvalue weighted by Crippen LogP contribution is 2.13. The van der Waals surface area contributed by atoms with Crippen molar-refractivity contribution in [3.8, 4) is 0 Å². The summed E-state index contributed by atoms with van der Waals surface area (Å²) in [6.07, 6.45) is 1.50. The van der Waals surface area contributed by atoms with Gasteiger partial charge < -0.3 is 11.1 Å². The highest BCUT2D eigenvalue weighted by atomic mass is 16.6. The van der Waals surface area contributed by atoms with Crippen LogP contribution in [0.25, 0.3) is 0 Å². The van der Waals surface area contributed by atoms with E-state index in [2.05, 4.69) is 25.6 Å². The molecule has 0 saturated heterocycles. The molecule has 0 aliphatic rings. The number of urea groups is 1. The Balaban J connectivity index is 3.19. The van der Waals surface area contributed by atoms with Crippen molar-refractivity contribution in [1.29, 1.82) is 0 Å². The van der Waals surface area contributed by atoms with Gasteiger partial charge in [0.1, 0.15) is 5.69 Å². The van der Waals surface area contributed by atoms with E-state index >= 15 is 0 Å². The van der Waals surface area contributed by atoms with Gasteiger partial charge in [-0.1, -0.05) is 0 Å². The molecule has 8 nitrogen and oxygen atoms in total. The van der Waals surface area contributed by atoms with Crippen LogP contribution in [0.4, 0.5) is 4.79 Å². The van der Waals surface area contributed by atoms with Gasteiger partial charge in [0.25, 0.3) is 5.91 Å². The summed E-state index contributed by atoms with van der Waals surface area (Å²) in [6.45, 7) is 3.51. The summed E-state index contributed by atoms with van der Waals surface area (Å²) in [5, 5.41) is 2.51. The van der Waals surface area contributed by atoms with E-state index in [4.69, 9.17) is 5.73 Å². The lowest BCUT2D eigenvalue weighted by Crippen LogP contribution is -2.29. The maximum absolute atomic E-state index is 11.7. The third-order valence-corrected chi connectivity index (χ3v) is 2.91. The molecule has 1 rings (SSSR count). The zero-order chi connectivity index (χ0) is 16.7. The van der Waals surface area contributed by atoms with Gasteiger partial charge in [-0.05, 0) is 31.6 Å². The number of nitrogens with zero attached hydrogens (tertiary/aromatic N) is 2. The van der Waals surface area contributed by atoms with Crippen molar-refractivity contribution in [2.75, 3.05) is 14.2 Å². The Morgan fingerprint density at radius 2 is 2.05 bits per heavy atom. The Morgan fingerprint density at radius 3 is 2.59 bits per heavy atom. The lowest BCUT2D eigenvalue weighted by molar-refractivity contribution is 0.0532. The smallest absolute Gasteiger partial charge is 0.316 e. The normalized spacial score (nSPS) is 12.5. The van der Waals surface area contributed by atoms with Crippen LogP contribution in [0.2, 0.25) is 0 Å². The van der Waals surface area contributed by atoms with Crippen LogP contribution in [-0.4, -0.2) is 36.8 Å². The first-order chi connectivity index (χ1) is 10.4. The molecule has 1 heterocycles. The van der Waals surface area contributed by atoms with Gasteiger partial charge in [0.2, 0.25) is 0 Å². The summed E-state index contributed by atoms with van der Waals surface area (Å²) < 4.78 is 0. The van der Waals surface area contributed by atoms with Gasteiger partial charge in [0, 0.05) is 24.5 Å². The molecule has 0 bridgehead atoms. The fourth-order valence-corrected chi connectivity index (χ4v) is 1.82. The first-order valence-corrected chi connectivity index (χ1v) is 6.41. The number of pyridine rings is 1. The van der Waals surface area contributed by atoms with Crippen molar-refractivity contribution in [2.45, 2.75) is 13.8 Å². The molecule has 0 saturated carbocycles. The van der Waals surface area contributed by atoms with Crippen LogP contribution >= 0.6 is 0 Å². The first kappa shape index (κ1) is 17.3. The van der Waals surface area contributed by atoms with Crippen molar-refractivity contribution in [1.82, 2.24) is 15.8 Å². The Bertz CT molecular complexity index is 637. The second-order valence-electron chi connectivity index (χ2n) is 4.38. The van der Waals surface area contributed by atoms with Crippen molar-refractivity contribution >= 4 is 17.6 Å². The van der Waals surface area contributed by atoms with Gasteiger partial charge in [-0.3, -0.25) is 19.6 Å². The predicted octanol–water partition coefficient (Wildman–Crippen LogP) is 0.754. The maximum Gasteiger partial charge on any atom is 0.316 e. The molecule has 1 aromatic heterocycles. The number of nitrogens with one attached hydrogen (secondary N) is 2.